The van der Waals surface area contributed by atoms with Crippen LogP contribution in [0.1, 0.15) is 11.1 Å². The first kappa shape index (κ1) is 10.6. The van der Waals surface area contributed by atoms with Gasteiger partial charge in [0.25, 0.3) is 0 Å². The Morgan fingerprint density at radius 1 is 1.25 bits per heavy atom. The Labute approximate surface area is 95.1 Å². The molecule has 0 aliphatic carbocycles. The van der Waals surface area contributed by atoms with Crippen LogP contribution in [0.4, 0.5) is 5.82 Å². The average molecular weight is 213 g/mol. The predicted molar refractivity (Wildman–Crippen MR) is 66.7 cm³/mol. The van der Waals surface area contributed by atoms with E-state index in [1.54, 1.807) is 6.20 Å². The molecule has 2 rings (SSSR count). The Morgan fingerprint density at radius 3 is 2.75 bits per heavy atom. The number of aryl methyl sites for hydroxylation is 1. The molecule has 3 nitrogen and oxygen atoms in total. The van der Waals surface area contributed by atoms with Gasteiger partial charge >= 0.3 is 0 Å². The average Bonchev–Trinajstić information content (AvgIpc) is 2.28. The Hall–Kier alpha value is -1.87. The zero-order chi connectivity index (χ0) is 11.5. The summed E-state index contributed by atoms with van der Waals surface area (Å²) in [6.07, 6.45) is 1.71. The summed E-state index contributed by atoms with van der Waals surface area (Å²) in [6.45, 7) is 2.47. The molecule has 0 unspecified atom stereocenters. The maximum absolute atomic E-state index is 5.82. The summed E-state index contributed by atoms with van der Waals surface area (Å²) in [7, 11) is 0. The van der Waals surface area contributed by atoms with Gasteiger partial charge in [-0.25, -0.2) is 4.98 Å². The molecule has 0 saturated heterocycles. The molecule has 4 N–H and O–H groups in total. The molecule has 1 aromatic heterocycles. The highest BCUT2D eigenvalue weighted by molar-refractivity contribution is 5.71. The third kappa shape index (κ3) is 1.90. The number of hydrogen-bond acceptors (Lipinski definition) is 3. The summed E-state index contributed by atoms with van der Waals surface area (Å²) in [5.74, 6) is 0.515. The second-order valence-electron chi connectivity index (χ2n) is 3.80. The van der Waals surface area contributed by atoms with Crippen molar-refractivity contribution in [1.29, 1.82) is 0 Å². The number of nitrogens with zero attached hydrogens (tertiary/aromatic N) is 1. The summed E-state index contributed by atoms with van der Waals surface area (Å²) in [5, 5.41) is 0. The largest absolute Gasteiger partial charge is 0.383 e. The fraction of sp³-hybridized carbons (Fsp3) is 0.154. The van der Waals surface area contributed by atoms with Crippen LogP contribution in [0, 0.1) is 6.92 Å². The van der Waals surface area contributed by atoms with E-state index in [4.69, 9.17) is 11.5 Å². The zero-order valence-corrected chi connectivity index (χ0v) is 9.27. The molecule has 0 amide bonds. The highest BCUT2D eigenvalue weighted by Crippen LogP contribution is 2.26. The first-order valence-electron chi connectivity index (χ1n) is 5.23. The van der Waals surface area contributed by atoms with Gasteiger partial charge < -0.3 is 11.5 Å². The van der Waals surface area contributed by atoms with Crippen molar-refractivity contribution >= 4 is 5.82 Å². The molecular formula is C13H15N3. The van der Waals surface area contributed by atoms with Crippen molar-refractivity contribution in [2.75, 3.05) is 5.73 Å². The SMILES string of the molecule is Cc1cccc(-c2ccnc(N)c2CN)c1. The summed E-state index contributed by atoms with van der Waals surface area (Å²) in [6, 6.07) is 10.2. The maximum Gasteiger partial charge on any atom is 0.128 e. The Kier molecular flexibility index (Phi) is 2.88. The van der Waals surface area contributed by atoms with Crippen molar-refractivity contribution in [3.63, 3.8) is 0 Å². The van der Waals surface area contributed by atoms with E-state index < -0.39 is 0 Å². The number of aromatic nitrogens is 1. The lowest BCUT2D eigenvalue weighted by molar-refractivity contribution is 1.06. The van der Waals surface area contributed by atoms with Gasteiger partial charge in [0.05, 0.1) is 0 Å². The summed E-state index contributed by atoms with van der Waals surface area (Å²) in [5.41, 5.74) is 15.9. The molecule has 0 fully saturated rings. The van der Waals surface area contributed by atoms with Crippen molar-refractivity contribution in [2.24, 2.45) is 5.73 Å². The van der Waals surface area contributed by atoms with Gasteiger partial charge in [0.1, 0.15) is 5.82 Å². The molecular weight excluding hydrogens is 198 g/mol. The monoisotopic (exact) mass is 213 g/mol. The van der Waals surface area contributed by atoms with Gasteiger partial charge in [0.15, 0.2) is 0 Å². The van der Waals surface area contributed by atoms with Crippen LogP contribution in [0.25, 0.3) is 11.1 Å². The van der Waals surface area contributed by atoms with Crippen molar-refractivity contribution < 1.29 is 0 Å². The smallest absolute Gasteiger partial charge is 0.128 e. The standard InChI is InChI=1S/C13H15N3/c1-9-3-2-4-10(7-9)11-5-6-16-13(15)12(11)8-14/h2-7H,8,14H2,1H3,(H2,15,16). The molecule has 0 aliphatic heterocycles. The highest BCUT2D eigenvalue weighted by atomic mass is 14.8. The van der Waals surface area contributed by atoms with Crippen LogP contribution in [0.5, 0.6) is 0 Å². The van der Waals surface area contributed by atoms with Gasteiger partial charge in [-0.3, -0.25) is 0 Å². The zero-order valence-electron chi connectivity index (χ0n) is 9.27. The number of pyridine rings is 1. The van der Waals surface area contributed by atoms with E-state index in [1.807, 2.05) is 12.1 Å². The van der Waals surface area contributed by atoms with E-state index >= 15 is 0 Å². The van der Waals surface area contributed by atoms with E-state index in [2.05, 4.69) is 30.1 Å². The summed E-state index contributed by atoms with van der Waals surface area (Å²) >= 11 is 0. The molecule has 0 bridgehead atoms. The molecule has 0 radical (unpaired) electrons. The van der Waals surface area contributed by atoms with Crippen LogP contribution in [-0.4, -0.2) is 4.98 Å². The third-order valence-corrected chi connectivity index (χ3v) is 2.62. The predicted octanol–water partition coefficient (Wildman–Crippen LogP) is 2.10. The van der Waals surface area contributed by atoms with E-state index in [0.717, 1.165) is 16.7 Å². The van der Waals surface area contributed by atoms with Crippen LogP contribution in [-0.2, 0) is 6.54 Å². The van der Waals surface area contributed by atoms with Crippen LogP contribution >= 0.6 is 0 Å². The molecule has 0 saturated carbocycles. The van der Waals surface area contributed by atoms with Gasteiger partial charge in [0, 0.05) is 18.3 Å². The van der Waals surface area contributed by atoms with Crippen LogP contribution < -0.4 is 11.5 Å². The van der Waals surface area contributed by atoms with Crippen molar-refractivity contribution in [1.82, 2.24) is 4.98 Å². The number of hydrogen-bond donors (Lipinski definition) is 2. The third-order valence-electron chi connectivity index (χ3n) is 2.62. The minimum atomic E-state index is 0.406. The minimum absolute atomic E-state index is 0.406. The maximum atomic E-state index is 5.82. The number of benzene rings is 1. The molecule has 0 atom stereocenters. The number of nitrogens with two attached hydrogens (primary N) is 2. The second kappa shape index (κ2) is 4.33. The number of rotatable bonds is 2. The van der Waals surface area contributed by atoms with E-state index in [9.17, 15) is 0 Å². The molecule has 2 aromatic rings. The lowest BCUT2D eigenvalue weighted by Crippen LogP contribution is -2.05. The molecule has 0 spiro atoms. The second-order valence-corrected chi connectivity index (χ2v) is 3.80. The fourth-order valence-electron chi connectivity index (χ4n) is 1.81. The number of anilines is 1. The van der Waals surface area contributed by atoms with Gasteiger partial charge in [0.2, 0.25) is 0 Å². The Balaban J connectivity index is 2.60. The van der Waals surface area contributed by atoms with E-state index in [1.165, 1.54) is 5.56 Å². The molecule has 82 valence electrons. The van der Waals surface area contributed by atoms with Crippen molar-refractivity contribution in [2.45, 2.75) is 13.5 Å². The molecule has 1 heterocycles. The van der Waals surface area contributed by atoms with Gasteiger partial charge in [-0.05, 0) is 24.1 Å². The highest BCUT2D eigenvalue weighted by Gasteiger charge is 2.07. The fourth-order valence-corrected chi connectivity index (χ4v) is 1.81. The van der Waals surface area contributed by atoms with Crippen LogP contribution in [0.2, 0.25) is 0 Å². The Morgan fingerprint density at radius 2 is 2.06 bits per heavy atom. The van der Waals surface area contributed by atoms with Crippen molar-refractivity contribution in [3.8, 4) is 11.1 Å². The van der Waals surface area contributed by atoms with Gasteiger partial charge in [-0.2, -0.15) is 0 Å². The van der Waals surface area contributed by atoms with Crippen LogP contribution in [0.3, 0.4) is 0 Å². The minimum Gasteiger partial charge on any atom is -0.383 e. The quantitative estimate of drug-likeness (QED) is 0.802. The topological polar surface area (TPSA) is 64.9 Å². The van der Waals surface area contributed by atoms with E-state index in [-0.39, 0.29) is 0 Å². The van der Waals surface area contributed by atoms with Crippen molar-refractivity contribution in [3.05, 3.63) is 47.7 Å². The molecule has 0 aliphatic rings. The lowest BCUT2D eigenvalue weighted by Gasteiger charge is -2.10. The summed E-state index contributed by atoms with van der Waals surface area (Å²) < 4.78 is 0. The van der Waals surface area contributed by atoms with E-state index in [0.29, 0.717) is 12.4 Å². The summed E-state index contributed by atoms with van der Waals surface area (Å²) in [4.78, 5) is 4.06. The Bertz CT molecular complexity index is 506. The molecule has 1 aromatic carbocycles. The van der Waals surface area contributed by atoms with Gasteiger partial charge in [-0.1, -0.05) is 29.8 Å². The molecule has 3 heteroatoms. The normalized spacial score (nSPS) is 10.4. The number of nitrogen functional groups attached to an aromatic ring is 1. The van der Waals surface area contributed by atoms with Gasteiger partial charge in [-0.15, -0.1) is 0 Å². The first-order chi connectivity index (χ1) is 7.72. The van der Waals surface area contributed by atoms with Crippen LogP contribution in [0.15, 0.2) is 36.5 Å². The molecule has 16 heavy (non-hydrogen) atoms. The first-order valence-corrected chi connectivity index (χ1v) is 5.23. The lowest BCUT2D eigenvalue weighted by atomic mass is 9.99.